The molecule has 156 valence electrons. The van der Waals surface area contributed by atoms with Crippen molar-refractivity contribution in [3.05, 3.63) is 64.5 Å². The van der Waals surface area contributed by atoms with Gasteiger partial charge in [-0.15, -0.1) is 0 Å². The third kappa shape index (κ3) is 6.37. The Morgan fingerprint density at radius 2 is 2.00 bits per heavy atom. The number of nitrogens with zero attached hydrogens (tertiary/aromatic N) is 2. The summed E-state index contributed by atoms with van der Waals surface area (Å²) in [7, 11) is -3.38. The normalized spacial score (nSPS) is 17.3. The van der Waals surface area contributed by atoms with E-state index in [9.17, 15) is 13.2 Å². The fraction of sp³-hybridized carbons (Fsp3) is 0.455. The van der Waals surface area contributed by atoms with E-state index in [1.165, 1.54) is 16.7 Å². The highest BCUT2D eigenvalue weighted by molar-refractivity contribution is 7.88. The molecule has 0 unspecified atom stereocenters. The van der Waals surface area contributed by atoms with Crippen LogP contribution < -0.4 is 4.72 Å². The lowest BCUT2D eigenvalue weighted by Crippen LogP contribution is -2.44. The summed E-state index contributed by atoms with van der Waals surface area (Å²) in [6.45, 7) is 5.14. The van der Waals surface area contributed by atoms with Crippen molar-refractivity contribution in [2.45, 2.75) is 39.0 Å². The van der Waals surface area contributed by atoms with Crippen molar-refractivity contribution in [3.63, 3.8) is 0 Å². The Bertz CT molecular complexity index is 989. The molecule has 29 heavy (non-hydrogen) atoms. The number of hydrogen-bond donors (Lipinski definition) is 1. The van der Waals surface area contributed by atoms with Crippen molar-refractivity contribution in [3.8, 4) is 0 Å². The van der Waals surface area contributed by atoms with E-state index in [-0.39, 0.29) is 18.4 Å². The minimum absolute atomic E-state index is 0.169. The van der Waals surface area contributed by atoms with E-state index >= 15 is 0 Å². The van der Waals surface area contributed by atoms with Crippen LogP contribution in [0.25, 0.3) is 0 Å². The summed E-state index contributed by atoms with van der Waals surface area (Å²) in [4.78, 5) is 18.9. The fourth-order valence-electron chi connectivity index (χ4n) is 3.89. The second-order valence-corrected chi connectivity index (χ2v) is 9.81. The van der Waals surface area contributed by atoms with Gasteiger partial charge in [0.15, 0.2) is 0 Å². The average Bonchev–Trinajstić information content (AvgIpc) is 2.65. The Balaban J connectivity index is 1.72. The van der Waals surface area contributed by atoms with Crippen LogP contribution in [0.15, 0.2) is 36.4 Å². The van der Waals surface area contributed by atoms with E-state index in [4.69, 9.17) is 4.98 Å². The van der Waals surface area contributed by atoms with Crippen LogP contribution in [-0.4, -0.2) is 50.1 Å². The molecular weight excluding hydrogens is 386 g/mol. The van der Waals surface area contributed by atoms with E-state index < -0.39 is 10.0 Å². The molecule has 1 aromatic heterocycles. The summed E-state index contributed by atoms with van der Waals surface area (Å²) in [5.74, 6) is -0.0187. The van der Waals surface area contributed by atoms with Gasteiger partial charge in [0.1, 0.15) is 0 Å². The van der Waals surface area contributed by atoms with Gasteiger partial charge in [-0.1, -0.05) is 29.8 Å². The van der Waals surface area contributed by atoms with E-state index in [1.54, 1.807) is 4.90 Å². The van der Waals surface area contributed by atoms with Gasteiger partial charge in [-0.3, -0.25) is 9.78 Å². The molecule has 1 aliphatic rings. The third-order valence-corrected chi connectivity index (χ3v) is 5.87. The number of aryl methyl sites for hydroxylation is 2. The molecule has 0 saturated carbocycles. The predicted octanol–water partition coefficient (Wildman–Crippen LogP) is 2.54. The van der Waals surface area contributed by atoms with Crippen LogP contribution in [-0.2, 0) is 21.2 Å². The number of amides is 1. The fourth-order valence-corrected chi connectivity index (χ4v) is 4.27. The first kappa shape index (κ1) is 21.5. The first-order chi connectivity index (χ1) is 13.7. The molecule has 0 radical (unpaired) electrons. The second kappa shape index (κ2) is 9.05. The van der Waals surface area contributed by atoms with Crippen molar-refractivity contribution in [2.75, 3.05) is 25.9 Å². The molecule has 2 heterocycles. The van der Waals surface area contributed by atoms with Crippen LogP contribution in [0, 0.1) is 13.8 Å². The molecule has 6 nitrogen and oxygen atoms in total. The van der Waals surface area contributed by atoms with Crippen LogP contribution in [0.4, 0.5) is 0 Å². The minimum Gasteiger partial charge on any atom is -0.341 e. The minimum atomic E-state index is -3.38. The highest BCUT2D eigenvalue weighted by atomic mass is 32.2. The molecule has 1 saturated heterocycles. The molecular formula is C22H29N3O3S. The zero-order valence-corrected chi connectivity index (χ0v) is 18.1. The van der Waals surface area contributed by atoms with Crippen molar-refractivity contribution in [2.24, 2.45) is 0 Å². The quantitative estimate of drug-likeness (QED) is 0.786. The number of likely N-dealkylation sites (tertiary alicyclic amines) is 1. The molecule has 1 aromatic carbocycles. The van der Waals surface area contributed by atoms with Gasteiger partial charge in [-0.2, -0.15) is 0 Å². The number of carbonyl (C=O) groups is 1. The maximum absolute atomic E-state index is 12.4. The lowest BCUT2D eigenvalue weighted by atomic mass is 9.92. The van der Waals surface area contributed by atoms with Crippen LogP contribution in [0.3, 0.4) is 0 Å². The summed E-state index contributed by atoms with van der Waals surface area (Å²) >= 11 is 0. The molecule has 1 amide bonds. The predicted molar refractivity (Wildman–Crippen MR) is 114 cm³/mol. The Morgan fingerprint density at radius 3 is 2.72 bits per heavy atom. The summed E-state index contributed by atoms with van der Waals surface area (Å²) < 4.78 is 24.8. The van der Waals surface area contributed by atoms with Gasteiger partial charge in [0, 0.05) is 30.4 Å². The Labute approximate surface area is 173 Å². The summed E-state index contributed by atoms with van der Waals surface area (Å²) in [5.41, 5.74) is 5.74. The SMILES string of the molecule is Cc1cccc(Cc2cc(C)nc([C@H]3CCCN(C(=O)CNS(C)(=O)=O)C3)c2)c1. The zero-order valence-electron chi connectivity index (χ0n) is 17.3. The Kier molecular flexibility index (Phi) is 6.70. The molecule has 1 N–H and O–H groups in total. The maximum atomic E-state index is 12.4. The highest BCUT2D eigenvalue weighted by Gasteiger charge is 2.26. The number of pyridine rings is 1. The van der Waals surface area contributed by atoms with Gasteiger partial charge in [-0.05, 0) is 56.4 Å². The molecule has 0 bridgehead atoms. The molecule has 1 fully saturated rings. The summed E-state index contributed by atoms with van der Waals surface area (Å²) in [6.07, 6.45) is 3.78. The standard InChI is InChI=1S/C22H29N3O3S/c1-16-6-4-7-18(10-16)12-19-11-17(2)24-21(13-19)20-8-5-9-25(15-20)22(26)14-23-29(3,27)28/h4,6-7,10-11,13,20,23H,5,8-9,12,14-15H2,1-3H3/t20-/m0/s1. The van der Waals surface area contributed by atoms with Crippen molar-refractivity contribution >= 4 is 15.9 Å². The van der Waals surface area contributed by atoms with E-state index in [2.05, 4.69) is 48.0 Å². The number of hydrogen-bond acceptors (Lipinski definition) is 4. The van der Waals surface area contributed by atoms with Crippen LogP contribution in [0.1, 0.15) is 46.8 Å². The van der Waals surface area contributed by atoms with Crippen LogP contribution in [0.2, 0.25) is 0 Å². The largest absolute Gasteiger partial charge is 0.341 e. The number of nitrogens with one attached hydrogen (secondary N) is 1. The van der Waals surface area contributed by atoms with Gasteiger partial charge in [0.2, 0.25) is 15.9 Å². The first-order valence-electron chi connectivity index (χ1n) is 9.95. The second-order valence-electron chi connectivity index (χ2n) is 7.98. The van der Waals surface area contributed by atoms with E-state index in [1.807, 2.05) is 6.92 Å². The van der Waals surface area contributed by atoms with Crippen LogP contribution >= 0.6 is 0 Å². The Hall–Kier alpha value is -2.25. The van der Waals surface area contributed by atoms with Gasteiger partial charge >= 0.3 is 0 Å². The molecule has 7 heteroatoms. The van der Waals surface area contributed by atoms with Crippen molar-refractivity contribution in [1.29, 1.82) is 0 Å². The number of rotatable bonds is 6. The lowest BCUT2D eigenvalue weighted by Gasteiger charge is -2.33. The number of piperidine rings is 1. The number of carbonyl (C=O) groups excluding carboxylic acids is 1. The Morgan fingerprint density at radius 1 is 1.21 bits per heavy atom. The monoisotopic (exact) mass is 415 g/mol. The first-order valence-corrected chi connectivity index (χ1v) is 11.8. The smallest absolute Gasteiger partial charge is 0.237 e. The van der Waals surface area contributed by atoms with Gasteiger partial charge in [-0.25, -0.2) is 13.1 Å². The number of aromatic nitrogens is 1. The molecule has 1 aliphatic heterocycles. The third-order valence-electron chi connectivity index (χ3n) is 5.20. The van der Waals surface area contributed by atoms with Crippen molar-refractivity contribution < 1.29 is 13.2 Å². The molecule has 0 aliphatic carbocycles. The highest BCUT2D eigenvalue weighted by Crippen LogP contribution is 2.27. The molecule has 0 spiro atoms. The number of benzene rings is 1. The zero-order chi connectivity index (χ0) is 21.0. The maximum Gasteiger partial charge on any atom is 0.237 e. The summed E-state index contributed by atoms with van der Waals surface area (Å²) in [6, 6.07) is 12.8. The van der Waals surface area contributed by atoms with Gasteiger partial charge < -0.3 is 4.90 Å². The molecule has 1 atom stereocenters. The summed E-state index contributed by atoms with van der Waals surface area (Å²) in [5, 5.41) is 0. The molecule has 3 rings (SSSR count). The van der Waals surface area contributed by atoms with Crippen LogP contribution in [0.5, 0.6) is 0 Å². The van der Waals surface area contributed by atoms with Crippen molar-refractivity contribution in [1.82, 2.24) is 14.6 Å². The number of sulfonamides is 1. The lowest BCUT2D eigenvalue weighted by molar-refractivity contribution is -0.131. The van der Waals surface area contributed by atoms with Gasteiger partial charge in [0.25, 0.3) is 0 Å². The van der Waals surface area contributed by atoms with E-state index in [0.29, 0.717) is 13.1 Å². The van der Waals surface area contributed by atoms with E-state index in [0.717, 1.165) is 36.9 Å². The van der Waals surface area contributed by atoms with Gasteiger partial charge in [0.05, 0.1) is 12.8 Å². The topological polar surface area (TPSA) is 79.4 Å². The average molecular weight is 416 g/mol. The molecule has 2 aromatic rings.